The number of nitrogens with zero attached hydrogens (tertiary/aromatic N) is 2. The number of hydrogen-bond acceptors (Lipinski definition) is 4. The zero-order valence-electron chi connectivity index (χ0n) is 13.4. The van der Waals surface area contributed by atoms with E-state index in [0.29, 0.717) is 5.92 Å². The van der Waals surface area contributed by atoms with E-state index in [1.807, 2.05) is 11.3 Å². The Balaban J connectivity index is 2.06. The number of hydrogen-bond donors (Lipinski definition) is 1. The average Bonchev–Trinajstić information content (AvgIpc) is 3.17. The summed E-state index contributed by atoms with van der Waals surface area (Å²) < 4.78 is 0. The molecular weight excluding hydrogens is 266 g/mol. The molecular formula is C16H29N3S. The molecule has 0 aromatic carbocycles. The van der Waals surface area contributed by atoms with Crippen LogP contribution in [0.1, 0.15) is 63.4 Å². The zero-order valence-corrected chi connectivity index (χ0v) is 14.2. The van der Waals surface area contributed by atoms with E-state index in [9.17, 15) is 0 Å². The molecule has 2 rings (SSSR count). The van der Waals surface area contributed by atoms with E-state index in [4.69, 9.17) is 4.98 Å². The average molecular weight is 295 g/mol. The van der Waals surface area contributed by atoms with Crippen molar-refractivity contribution in [3.8, 4) is 0 Å². The number of thiazole rings is 1. The summed E-state index contributed by atoms with van der Waals surface area (Å²) in [6, 6.07) is 0. The van der Waals surface area contributed by atoms with E-state index >= 15 is 0 Å². The predicted octanol–water partition coefficient (Wildman–Crippen LogP) is 4.00. The molecule has 1 aliphatic carbocycles. The second kappa shape index (κ2) is 7.41. The molecule has 1 heterocycles. The van der Waals surface area contributed by atoms with Crippen molar-refractivity contribution in [1.29, 1.82) is 0 Å². The van der Waals surface area contributed by atoms with Crippen molar-refractivity contribution in [3.63, 3.8) is 0 Å². The highest BCUT2D eigenvalue weighted by Gasteiger charge is 2.30. The van der Waals surface area contributed by atoms with Gasteiger partial charge in [0.15, 0.2) is 5.13 Å². The van der Waals surface area contributed by atoms with Gasteiger partial charge < -0.3 is 10.2 Å². The fraction of sp³-hybridized carbons (Fsp3) is 0.812. The molecule has 1 saturated carbocycles. The molecule has 1 fully saturated rings. The fourth-order valence-corrected chi connectivity index (χ4v) is 3.63. The Morgan fingerprint density at radius 3 is 2.65 bits per heavy atom. The molecule has 114 valence electrons. The van der Waals surface area contributed by atoms with Crippen LogP contribution in [0.2, 0.25) is 0 Å². The van der Waals surface area contributed by atoms with Gasteiger partial charge in [-0.1, -0.05) is 20.8 Å². The van der Waals surface area contributed by atoms with Crippen LogP contribution in [0.3, 0.4) is 0 Å². The van der Waals surface area contributed by atoms with Crippen LogP contribution in [-0.2, 0) is 6.54 Å². The van der Waals surface area contributed by atoms with Crippen molar-refractivity contribution in [3.05, 3.63) is 10.6 Å². The van der Waals surface area contributed by atoms with E-state index < -0.39 is 0 Å². The maximum absolute atomic E-state index is 4.96. The largest absolute Gasteiger partial charge is 0.348 e. The highest BCUT2D eigenvalue weighted by atomic mass is 32.1. The van der Waals surface area contributed by atoms with Crippen LogP contribution in [0, 0.1) is 5.92 Å². The minimum atomic E-state index is 0.707. The van der Waals surface area contributed by atoms with Crippen molar-refractivity contribution >= 4 is 16.5 Å². The van der Waals surface area contributed by atoms with E-state index in [-0.39, 0.29) is 0 Å². The van der Waals surface area contributed by atoms with Gasteiger partial charge in [-0.25, -0.2) is 4.98 Å². The molecule has 0 unspecified atom stereocenters. The lowest BCUT2D eigenvalue weighted by Crippen LogP contribution is -2.23. The minimum absolute atomic E-state index is 0.707. The van der Waals surface area contributed by atoms with Gasteiger partial charge in [-0.2, -0.15) is 0 Å². The molecule has 0 spiro atoms. The molecule has 0 atom stereocenters. The molecule has 1 aromatic heterocycles. The van der Waals surface area contributed by atoms with Gasteiger partial charge in [-0.05, 0) is 38.6 Å². The number of anilines is 1. The third-order valence-corrected chi connectivity index (χ3v) is 4.80. The molecule has 1 aliphatic rings. The van der Waals surface area contributed by atoms with Gasteiger partial charge >= 0.3 is 0 Å². The first-order valence-corrected chi connectivity index (χ1v) is 8.92. The lowest BCUT2D eigenvalue weighted by molar-refractivity contribution is 0.553. The molecule has 0 saturated heterocycles. The maximum Gasteiger partial charge on any atom is 0.185 e. The zero-order chi connectivity index (χ0) is 14.5. The van der Waals surface area contributed by atoms with Crippen LogP contribution in [-0.4, -0.2) is 24.6 Å². The van der Waals surface area contributed by atoms with E-state index in [2.05, 4.69) is 37.9 Å². The molecule has 20 heavy (non-hydrogen) atoms. The van der Waals surface area contributed by atoms with Gasteiger partial charge in [0.1, 0.15) is 0 Å². The highest BCUT2D eigenvalue weighted by Crippen LogP contribution is 2.44. The van der Waals surface area contributed by atoms with Gasteiger partial charge in [0, 0.05) is 30.4 Å². The Morgan fingerprint density at radius 1 is 1.35 bits per heavy atom. The Labute approximate surface area is 127 Å². The van der Waals surface area contributed by atoms with Crippen molar-refractivity contribution in [1.82, 2.24) is 10.3 Å². The van der Waals surface area contributed by atoms with Crippen LogP contribution < -0.4 is 10.2 Å². The summed E-state index contributed by atoms with van der Waals surface area (Å²) in [5, 5.41) is 4.81. The molecule has 0 amide bonds. The number of aromatic nitrogens is 1. The second-order valence-electron chi connectivity index (χ2n) is 6.18. The van der Waals surface area contributed by atoms with Gasteiger partial charge in [-0.3, -0.25) is 0 Å². The van der Waals surface area contributed by atoms with Crippen LogP contribution in [0.4, 0.5) is 5.13 Å². The molecule has 1 N–H and O–H groups in total. The molecule has 4 heteroatoms. The molecule has 1 aromatic rings. The molecule has 0 bridgehead atoms. The predicted molar refractivity (Wildman–Crippen MR) is 88.8 cm³/mol. The first-order chi connectivity index (χ1) is 9.65. The Kier molecular flexibility index (Phi) is 5.85. The number of nitrogens with one attached hydrogen (secondary N) is 1. The Bertz CT molecular complexity index is 410. The first kappa shape index (κ1) is 15.8. The SMILES string of the molecule is CCCN(CC)c1nc(C2CC2)c(CNCC(C)C)s1. The van der Waals surface area contributed by atoms with Crippen LogP contribution >= 0.6 is 11.3 Å². The summed E-state index contributed by atoms with van der Waals surface area (Å²) in [5.41, 5.74) is 1.39. The van der Waals surface area contributed by atoms with E-state index in [0.717, 1.165) is 32.1 Å². The van der Waals surface area contributed by atoms with Gasteiger partial charge in [0.05, 0.1) is 5.69 Å². The van der Waals surface area contributed by atoms with Crippen molar-refractivity contribution in [2.75, 3.05) is 24.5 Å². The Hall–Kier alpha value is -0.610. The van der Waals surface area contributed by atoms with Crippen molar-refractivity contribution in [2.45, 2.75) is 59.4 Å². The van der Waals surface area contributed by atoms with Gasteiger partial charge in [-0.15, -0.1) is 11.3 Å². The Morgan fingerprint density at radius 2 is 2.10 bits per heavy atom. The highest BCUT2D eigenvalue weighted by molar-refractivity contribution is 7.15. The summed E-state index contributed by atoms with van der Waals surface area (Å²) in [6.07, 6.45) is 3.85. The van der Waals surface area contributed by atoms with E-state index in [1.54, 1.807) is 0 Å². The van der Waals surface area contributed by atoms with Gasteiger partial charge in [0.2, 0.25) is 0 Å². The lowest BCUT2D eigenvalue weighted by Gasteiger charge is -2.18. The van der Waals surface area contributed by atoms with Crippen LogP contribution in [0.25, 0.3) is 0 Å². The maximum atomic E-state index is 4.96. The van der Waals surface area contributed by atoms with Crippen molar-refractivity contribution < 1.29 is 0 Å². The van der Waals surface area contributed by atoms with Crippen LogP contribution in [0.5, 0.6) is 0 Å². The topological polar surface area (TPSA) is 28.2 Å². The third-order valence-electron chi connectivity index (χ3n) is 3.66. The quantitative estimate of drug-likeness (QED) is 0.746. The standard InChI is InChI=1S/C16H29N3S/c1-5-9-19(6-2)16-18-15(13-7-8-13)14(20-16)11-17-10-12(3)4/h12-13,17H,5-11H2,1-4H3. The summed E-state index contributed by atoms with van der Waals surface area (Å²) >= 11 is 1.90. The number of rotatable bonds is 9. The first-order valence-electron chi connectivity index (χ1n) is 8.10. The molecule has 0 radical (unpaired) electrons. The third kappa shape index (κ3) is 4.19. The summed E-state index contributed by atoms with van der Waals surface area (Å²) in [7, 11) is 0. The normalized spacial score (nSPS) is 15.1. The molecule has 0 aliphatic heterocycles. The smallest absolute Gasteiger partial charge is 0.185 e. The van der Waals surface area contributed by atoms with Gasteiger partial charge in [0.25, 0.3) is 0 Å². The van der Waals surface area contributed by atoms with Crippen LogP contribution in [0.15, 0.2) is 0 Å². The van der Waals surface area contributed by atoms with Crippen molar-refractivity contribution in [2.24, 2.45) is 5.92 Å². The monoisotopic (exact) mass is 295 g/mol. The summed E-state index contributed by atoms with van der Waals surface area (Å²) in [6.45, 7) is 13.2. The lowest BCUT2D eigenvalue weighted by atomic mass is 10.2. The summed E-state index contributed by atoms with van der Waals surface area (Å²) in [5.74, 6) is 1.45. The summed E-state index contributed by atoms with van der Waals surface area (Å²) in [4.78, 5) is 8.85. The van der Waals surface area contributed by atoms with E-state index in [1.165, 1.54) is 35.0 Å². The minimum Gasteiger partial charge on any atom is -0.348 e. The fourth-order valence-electron chi connectivity index (χ4n) is 2.42. The second-order valence-corrected chi connectivity index (χ2v) is 7.25. The molecule has 3 nitrogen and oxygen atoms in total.